The highest BCUT2D eigenvalue weighted by Gasteiger charge is 2.17. The van der Waals surface area contributed by atoms with Crippen molar-refractivity contribution in [2.45, 2.75) is 39.5 Å². The van der Waals surface area contributed by atoms with Gasteiger partial charge < -0.3 is 15.4 Å². The molecule has 2 rings (SSSR count). The molecule has 1 aliphatic heterocycles. The summed E-state index contributed by atoms with van der Waals surface area (Å²) < 4.78 is 5.41. The highest BCUT2D eigenvalue weighted by atomic mass is 16.5. The molecule has 5 nitrogen and oxygen atoms in total. The van der Waals surface area contributed by atoms with Crippen molar-refractivity contribution >= 4 is 11.6 Å². The second-order valence-corrected chi connectivity index (χ2v) is 5.34. The molecule has 0 aromatic carbocycles. The van der Waals surface area contributed by atoms with Crippen molar-refractivity contribution in [2.75, 3.05) is 36.9 Å². The summed E-state index contributed by atoms with van der Waals surface area (Å²) in [7, 11) is 0. The smallest absolute Gasteiger partial charge is 0.134 e. The molecule has 0 saturated carbocycles. The summed E-state index contributed by atoms with van der Waals surface area (Å²) >= 11 is 0. The maximum absolute atomic E-state index is 5.41. The average molecular weight is 278 g/mol. The molecule has 1 saturated heterocycles. The molecule has 0 spiro atoms. The number of aromatic nitrogens is 2. The van der Waals surface area contributed by atoms with Gasteiger partial charge in [0.2, 0.25) is 0 Å². The zero-order valence-electron chi connectivity index (χ0n) is 12.6. The standard InChI is InChI=1S/C15H26N4O/c1-3-5-13-14(16-7-4-2)18-11-19-15(13)17-9-12-6-8-20-10-12/h11-12H,3-10H2,1-2H3,(H2,16,17,18,19). The zero-order valence-corrected chi connectivity index (χ0v) is 12.6. The summed E-state index contributed by atoms with van der Waals surface area (Å²) in [5.74, 6) is 2.56. The van der Waals surface area contributed by atoms with E-state index < -0.39 is 0 Å². The molecule has 1 atom stereocenters. The van der Waals surface area contributed by atoms with Gasteiger partial charge in [0, 0.05) is 31.2 Å². The van der Waals surface area contributed by atoms with Crippen LogP contribution in [0, 0.1) is 5.92 Å². The third-order valence-corrected chi connectivity index (χ3v) is 3.57. The van der Waals surface area contributed by atoms with Crippen LogP contribution in [0.15, 0.2) is 6.33 Å². The fourth-order valence-electron chi connectivity index (χ4n) is 2.43. The van der Waals surface area contributed by atoms with E-state index >= 15 is 0 Å². The van der Waals surface area contributed by atoms with E-state index in [2.05, 4.69) is 34.4 Å². The number of nitrogens with zero attached hydrogens (tertiary/aromatic N) is 2. The van der Waals surface area contributed by atoms with Crippen LogP contribution in [0.5, 0.6) is 0 Å². The average Bonchev–Trinajstić information content (AvgIpc) is 2.98. The molecule has 0 aliphatic carbocycles. The van der Waals surface area contributed by atoms with Crippen molar-refractivity contribution in [3.05, 3.63) is 11.9 Å². The van der Waals surface area contributed by atoms with Crippen LogP contribution < -0.4 is 10.6 Å². The minimum absolute atomic E-state index is 0.603. The summed E-state index contributed by atoms with van der Waals surface area (Å²) in [4.78, 5) is 8.81. The maximum Gasteiger partial charge on any atom is 0.134 e. The van der Waals surface area contributed by atoms with Gasteiger partial charge in [0.05, 0.1) is 6.61 Å². The zero-order chi connectivity index (χ0) is 14.2. The van der Waals surface area contributed by atoms with Crippen LogP contribution in [-0.2, 0) is 11.2 Å². The Bertz CT molecular complexity index is 405. The Morgan fingerprint density at radius 2 is 2.00 bits per heavy atom. The van der Waals surface area contributed by atoms with Gasteiger partial charge in [0.15, 0.2) is 0 Å². The van der Waals surface area contributed by atoms with E-state index in [-0.39, 0.29) is 0 Å². The Morgan fingerprint density at radius 1 is 1.20 bits per heavy atom. The Kier molecular flexibility index (Phi) is 6.05. The van der Waals surface area contributed by atoms with Crippen LogP contribution in [-0.4, -0.2) is 36.3 Å². The first-order valence-corrected chi connectivity index (χ1v) is 7.74. The van der Waals surface area contributed by atoms with E-state index in [1.165, 1.54) is 5.56 Å². The molecule has 1 aromatic heterocycles. The molecule has 0 radical (unpaired) electrons. The van der Waals surface area contributed by atoms with Crippen LogP contribution in [0.3, 0.4) is 0 Å². The van der Waals surface area contributed by atoms with Crippen LogP contribution in [0.4, 0.5) is 11.6 Å². The van der Waals surface area contributed by atoms with Crippen molar-refractivity contribution in [3.8, 4) is 0 Å². The van der Waals surface area contributed by atoms with E-state index in [1.807, 2.05) is 0 Å². The molecule has 20 heavy (non-hydrogen) atoms. The number of hydrogen-bond acceptors (Lipinski definition) is 5. The van der Waals surface area contributed by atoms with Crippen molar-refractivity contribution < 1.29 is 4.74 Å². The summed E-state index contributed by atoms with van der Waals surface area (Å²) in [5, 5.41) is 6.89. The van der Waals surface area contributed by atoms with Crippen LogP contribution in [0.2, 0.25) is 0 Å². The molecule has 1 unspecified atom stereocenters. The summed E-state index contributed by atoms with van der Waals surface area (Å²) in [5.41, 5.74) is 1.21. The number of ether oxygens (including phenoxy) is 1. The van der Waals surface area contributed by atoms with Crippen LogP contribution >= 0.6 is 0 Å². The third-order valence-electron chi connectivity index (χ3n) is 3.57. The van der Waals surface area contributed by atoms with Gasteiger partial charge in [0.25, 0.3) is 0 Å². The van der Waals surface area contributed by atoms with E-state index in [0.29, 0.717) is 5.92 Å². The number of anilines is 2. The largest absolute Gasteiger partial charge is 0.381 e. The predicted molar refractivity (Wildman–Crippen MR) is 82.2 cm³/mol. The topological polar surface area (TPSA) is 59.1 Å². The van der Waals surface area contributed by atoms with Gasteiger partial charge in [0.1, 0.15) is 18.0 Å². The lowest BCUT2D eigenvalue weighted by Crippen LogP contribution is -2.17. The first-order chi connectivity index (χ1) is 9.85. The van der Waals surface area contributed by atoms with Gasteiger partial charge in [-0.1, -0.05) is 20.3 Å². The summed E-state index contributed by atoms with van der Waals surface area (Å²) in [6, 6.07) is 0. The Morgan fingerprint density at radius 3 is 2.65 bits per heavy atom. The van der Waals surface area contributed by atoms with Crippen molar-refractivity contribution in [1.29, 1.82) is 0 Å². The lowest BCUT2D eigenvalue weighted by atomic mass is 10.1. The normalized spacial score (nSPS) is 18.2. The van der Waals surface area contributed by atoms with Gasteiger partial charge >= 0.3 is 0 Å². The molecule has 0 bridgehead atoms. The lowest BCUT2D eigenvalue weighted by Gasteiger charge is -2.16. The fraction of sp³-hybridized carbons (Fsp3) is 0.733. The van der Waals surface area contributed by atoms with E-state index in [1.54, 1.807) is 6.33 Å². The number of nitrogens with one attached hydrogen (secondary N) is 2. The minimum atomic E-state index is 0.603. The molecule has 112 valence electrons. The van der Waals surface area contributed by atoms with Gasteiger partial charge in [-0.05, 0) is 19.3 Å². The molecule has 2 heterocycles. The molecule has 1 aromatic rings. The SMILES string of the molecule is CCCNc1ncnc(NCC2CCOC2)c1CCC. The Balaban J connectivity index is 2.04. The lowest BCUT2D eigenvalue weighted by molar-refractivity contribution is 0.187. The van der Waals surface area contributed by atoms with Crippen molar-refractivity contribution in [3.63, 3.8) is 0 Å². The molecule has 0 amide bonds. The highest BCUT2D eigenvalue weighted by Crippen LogP contribution is 2.22. The molecular weight excluding hydrogens is 252 g/mol. The van der Waals surface area contributed by atoms with Crippen LogP contribution in [0.25, 0.3) is 0 Å². The molecule has 2 N–H and O–H groups in total. The Hall–Kier alpha value is -1.36. The van der Waals surface area contributed by atoms with Gasteiger partial charge in [-0.2, -0.15) is 0 Å². The molecule has 1 fully saturated rings. The predicted octanol–water partition coefficient (Wildman–Crippen LogP) is 2.70. The van der Waals surface area contributed by atoms with Gasteiger partial charge in [-0.3, -0.25) is 0 Å². The Labute approximate surface area is 121 Å². The first-order valence-electron chi connectivity index (χ1n) is 7.74. The quantitative estimate of drug-likeness (QED) is 0.765. The van der Waals surface area contributed by atoms with E-state index in [4.69, 9.17) is 4.74 Å². The minimum Gasteiger partial charge on any atom is -0.381 e. The second-order valence-electron chi connectivity index (χ2n) is 5.34. The van der Waals surface area contributed by atoms with E-state index in [9.17, 15) is 0 Å². The van der Waals surface area contributed by atoms with Crippen LogP contribution in [0.1, 0.15) is 38.7 Å². The maximum atomic E-state index is 5.41. The van der Waals surface area contributed by atoms with Crippen molar-refractivity contribution in [1.82, 2.24) is 9.97 Å². The third kappa shape index (κ3) is 4.07. The fourth-order valence-corrected chi connectivity index (χ4v) is 2.43. The summed E-state index contributed by atoms with van der Waals surface area (Å²) in [6.07, 6.45) is 5.97. The number of hydrogen-bond donors (Lipinski definition) is 2. The molecular formula is C15H26N4O. The van der Waals surface area contributed by atoms with E-state index in [0.717, 1.165) is 63.6 Å². The molecule has 1 aliphatic rings. The molecule has 5 heteroatoms. The monoisotopic (exact) mass is 278 g/mol. The number of rotatable bonds is 8. The van der Waals surface area contributed by atoms with Gasteiger partial charge in [-0.15, -0.1) is 0 Å². The first kappa shape index (κ1) is 15.0. The van der Waals surface area contributed by atoms with Gasteiger partial charge in [-0.25, -0.2) is 9.97 Å². The second kappa shape index (κ2) is 8.04. The highest BCUT2D eigenvalue weighted by molar-refractivity contribution is 5.57. The van der Waals surface area contributed by atoms with Crippen molar-refractivity contribution in [2.24, 2.45) is 5.92 Å². The summed E-state index contributed by atoms with van der Waals surface area (Å²) in [6.45, 7) is 7.98.